The number of nitrogens with zero attached hydrogens (tertiary/aromatic N) is 2. The second-order valence-electron chi connectivity index (χ2n) is 11.2. The summed E-state index contributed by atoms with van der Waals surface area (Å²) >= 11 is 0. The molecule has 1 aliphatic heterocycles. The lowest BCUT2D eigenvalue weighted by atomic mass is 9.67. The number of aromatic hydroxyl groups is 1. The summed E-state index contributed by atoms with van der Waals surface area (Å²) in [5.41, 5.74) is 4.33. The number of carbonyl (C=O) groups is 1. The van der Waals surface area contributed by atoms with Crippen molar-refractivity contribution in [1.29, 1.82) is 0 Å². The monoisotopic (exact) mass is 574 g/mol. The molecule has 1 fully saturated rings. The van der Waals surface area contributed by atoms with Crippen LogP contribution in [0, 0.1) is 0 Å². The van der Waals surface area contributed by atoms with Crippen LogP contribution in [0.2, 0.25) is 0 Å². The number of piperidine rings is 1. The molecular weight excluding hydrogens is 528 g/mol. The SMILES string of the molecule is COC(CN(CCc1ccccc1)C(=O)CCOCCc1ccc(O)c(C2(c3ccccc3)CCN(C)CC2)c1)OC. The second kappa shape index (κ2) is 15.8. The van der Waals surface area contributed by atoms with Crippen molar-refractivity contribution in [3.8, 4) is 5.75 Å². The van der Waals surface area contributed by atoms with Gasteiger partial charge in [-0.15, -0.1) is 0 Å². The third-order valence-corrected chi connectivity index (χ3v) is 8.50. The molecule has 3 aromatic carbocycles. The normalized spacial score (nSPS) is 15.1. The van der Waals surface area contributed by atoms with Gasteiger partial charge in [-0.2, -0.15) is 0 Å². The lowest BCUT2D eigenvalue weighted by Crippen LogP contribution is -2.41. The fourth-order valence-electron chi connectivity index (χ4n) is 5.85. The summed E-state index contributed by atoms with van der Waals surface area (Å²) < 4.78 is 16.7. The van der Waals surface area contributed by atoms with E-state index >= 15 is 0 Å². The van der Waals surface area contributed by atoms with Crippen molar-refractivity contribution in [2.24, 2.45) is 0 Å². The molecule has 1 heterocycles. The fraction of sp³-hybridized carbons (Fsp3) is 0.457. The van der Waals surface area contributed by atoms with Crippen molar-refractivity contribution in [3.05, 3.63) is 101 Å². The zero-order valence-corrected chi connectivity index (χ0v) is 25.3. The van der Waals surface area contributed by atoms with Crippen LogP contribution in [0.4, 0.5) is 0 Å². The molecule has 1 aliphatic rings. The molecule has 0 bridgehead atoms. The largest absolute Gasteiger partial charge is 0.508 e. The molecule has 0 aromatic heterocycles. The minimum Gasteiger partial charge on any atom is -0.508 e. The van der Waals surface area contributed by atoms with Gasteiger partial charge in [-0.05, 0) is 68.6 Å². The predicted octanol–water partition coefficient (Wildman–Crippen LogP) is 5.04. The van der Waals surface area contributed by atoms with Crippen LogP contribution in [0.15, 0.2) is 78.9 Å². The lowest BCUT2D eigenvalue weighted by Gasteiger charge is -2.42. The molecule has 7 nitrogen and oxygen atoms in total. The van der Waals surface area contributed by atoms with Crippen molar-refractivity contribution in [1.82, 2.24) is 9.80 Å². The van der Waals surface area contributed by atoms with Gasteiger partial charge >= 0.3 is 0 Å². The zero-order valence-electron chi connectivity index (χ0n) is 25.3. The van der Waals surface area contributed by atoms with Crippen LogP contribution in [0.25, 0.3) is 0 Å². The van der Waals surface area contributed by atoms with Crippen LogP contribution in [0.5, 0.6) is 5.75 Å². The fourth-order valence-corrected chi connectivity index (χ4v) is 5.85. The Hall–Kier alpha value is -3.23. The van der Waals surface area contributed by atoms with Crippen molar-refractivity contribution >= 4 is 5.91 Å². The van der Waals surface area contributed by atoms with E-state index < -0.39 is 6.29 Å². The van der Waals surface area contributed by atoms with E-state index in [1.807, 2.05) is 36.4 Å². The van der Waals surface area contributed by atoms with Crippen molar-refractivity contribution < 1.29 is 24.1 Å². The summed E-state index contributed by atoms with van der Waals surface area (Å²) in [6.45, 7) is 3.76. The number of ether oxygens (including phenoxy) is 3. The summed E-state index contributed by atoms with van der Waals surface area (Å²) in [5.74, 6) is 0.365. The Balaban J connectivity index is 1.34. The maximum absolute atomic E-state index is 13.1. The molecule has 0 atom stereocenters. The number of likely N-dealkylation sites (tertiary alicyclic amines) is 1. The van der Waals surface area contributed by atoms with Crippen LogP contribution in [-0.2, 0) is 37.3 Å². The lowest BCUT2D eigenvalue weighted by molar-refractivity contribution is -0.146. The summed E-state index contributed by atoms with van der Waals surface area (Å²) in [7, 11) is 5.32. The van der Waals surface area contributed by atoms with Gasteiger partial charge in [0.15, 0.2) is 6.29 Å². The standard InChI is InChI=1S/C35H46N2O5/c1-36-22-19-35(20-23-36,30-12-8-5-9-13-30)31-26-29(14-15-32(31)38)17-24-42-25-18-33(39)37(27-34(40-2)41-3)21-16-28-10-6-4-7-11-28/h4-15,26,34,38H,16-25,27H2,1-3H3. The van der Waals surface area contributed by atoms with Crippen LogP contribution in [-0.4, -0.2) is 87.8 Å². The number of hydrogen-bond acceptors (Lipinski definition) is 6. The average molecular weight is 575 g/mol. The molecule has 42 heavy (non-hydrogen) atoms. The predicted molar refractivity (Wildman–Crippen MR) is 166 cm³/mol. The van der Waals surface area contributed by atoms with E-state index in [1.165, 1.54) is 11.1 Å². The Morgan fingerprint density at radius 1 is 0.905 bits per heavy atom. The van der Waals surface area contributed by atoms with Gasteiger partial charge in [0.1, 0.15) is 5.75 Å². The van der Waals surface area contributed by atoms with E-state index in [0.717, 1.165) is 43.5 Å². The number of amides is 1. The molecule has 1 N–H and O–H groups in total. The van der Waals surface area contributed by atoms with Gasteiger partial charge in [0.25, 0.3) is 0 Å². The topological polar surface area (TPSA) is 71.5 Å². The van der Waals surface area contributed by atoms with E-state index in [2.05, 4.69) is 54.4 Å². The van der Waals surface area contributed by atoms with Crippen molar-refractivity contribution in [2.45, 2.75) is 43.8 Å². The minimum atomic E-state index is -0.474. The molecule has 1 saturated heterocycles. The number of carbonyl (C=O) groups excluding carboxylic acids is 1. The van der Waals surface area contributed by atoms with E-state index in [0.29, 0.717) is 44.9 Å². The third-order valence-electron chi connectivity index (χ3n) is 8.50. The average Bonchev–Trinajstić information content (AvgIpc) is 3.03. The smallest absolute Gasteiger partial charge is 0.225 e. The number of rotatable bonds is 15. The molecule has 0 aliphatic carbocycles. The molecule has 0 spiro atoms. The van der Waals surface area contributed by atoms with Gasteiger partial charge in [0.05, 0.1) is 26.2 Å². The third kappa shape index (κ3) is 8.42. The highest BCUT2D eigenvalue weighted by atomic mass is 16.7. The van der Waals surface area contributed by atoms with Gasteiger partial charge < -0.3 is 29.1 Å². The molecular formula is C35H46N2O5. The van der Waals surface area contributed by atoms with Crippen LogP contribution >= 0.6 is 0 Å². The first kappa shape index (κ1) is 31.7. The Morgan fingerprint density at radius 3 is 2.24 bits per heavy atom. The molecule has 0 unspecified atom stereocenters. The number of hydrogen-bond donors (Lipinski definition) is 1. The number of phenols is 1. The highest BCUT2D eigenvalue weighted by Gasteiger charge is 2.39. The van der Waals surface area contributed by atoms with E-state index in [9.17, 15) is 9.90 Å². The zero-order chi connectivity index (χ0) is 29.8. The second-order valence-corrected chi connectivity index (χ2v) is 11.2. The van der Waals surface area contributed by atoms with Gasteiger partial charge in [-0.3, -0.25) is 4.79 Å². The van der Waals surface area contributed by atoms with E-state index in [-0.39, 0.29) is 11.3 Å². The summed E-state index contributed by atoms with van der Waals surface area (Å²) in [6.07, 6.45) is 3.20. The van der Waals surface area contributed by atoms with Crippen molar-refractivity contribution in [2.75, 3.05) is 60.7 Å². The summed E-state index contributed by atoms with van der Waals surface area (Å²) in [6, 6.07) is 26.7. The van der Waals surface area contributed by atoms with Gasteiger partial charge in [-0.1, -0.05) is 72.8 Å². The quantitative estimate of drug-likeness (QED) is 0.203. The number of methoxy groups -OCH3 is 2. The Morgan fingerprint density at radius 2 is 1.57 bits per heavy atom. The highest BCUT2D eigenvalue weighted by Crippen LogP contribution is 2.45. The first-order chi connectivity index (χ1) is 20.4. The Kier molecular flexibility index (Phi) is 12.0. The summed E-state index contributed by atoms with van der Waals surface area (Å²) in [4.78, 5) is 17.3. The van der Waals surface area contributed by atoms with E-state index in [1.54, 1.807) is 19.1 Å². The van der Waals surface area contributed by atoms with Crippen LogP contribution in [0.3, 0.4) is 0 Å². The molecule has 226 valence electrons. The van der Waals surface area contributed by atoms with Crippen LogP contribution < -0.4 is 0 Å². The van der Waals surface area contributed by atoms with Gasteiger partial charge in [0, 0.05) is 31.7 Å². The molecule has 1 amide bonds. The van der Waals surface area contributed by atoms with E-state index in [4.69, 9.17) is 14.2 Å². The first-order valence-corrected chi connectivity index (χ1v) is 15.0. The van der Waals surface area contributed by atoms with Crippen molar-refractivity contribution in [3.63, 3.8) is 0 Å². The molecule has 0 radical (unpaired) electrons. The molecule has 4 rings (SSSR count). The highest BCUT2D eigenvalue weighted by molar-refractivity contribution is 5.76. The Labute approximate surface area is 251 Å². The Bertz CT molecular complexity index is 1220. The molecule has 7 heteroatoms. The molecule has 0 saturated carbocycles. The maximum Gasteiger partial charge on any atom is 0.225 e. The van der Waals surface area contributed by atoms with Gasteiger partial charge in [0.2, 0.25) is 5.91 Å². The van der Waals surface area contributed by atoms with Crippen LogP contribution in [0.1, 0.15) is 41.5 Å². The summed E-state index contributed by atoms with van der Waals surface area (Å²) in [5, 5.41) is 11.0. The number of phenolic OH excluding ortho intramolecular Hbond substituents is 1. The van der Waals surface area contributed by atoms with Gasteiger partial charge in [-0.25, -0.2) is 0 Å². The first-order valence-electron chi connectivity index (χ1n) is 15.0. The number of benzene rings is 3. The molecule has 3 aromatic rings. The maximum atomic E-state index is 13.1. The minimum absolute atomic E-state index is 0.0176.